The van der Waals surface area contributed by atoms with Gasteiger partial charge in [-0.2, -0.15) is 5.10 Å². The van der Waals surface area contributed by atoms with Crippen molar-refractivity contribution in [3.63, 3.8) is 0 Å². The predicted molar refractivity (Wildman–Crippen MR) is 89.1 cm³/mol. The van der Waals surface area contributed by atoms with Gasteiger partial charge in [-0.1, -0.05) is 30.3 Å². The lowest BCUT2D eigenvalue weighted by atomic mass is 10.1. The van der Waals surface area contributed by atoms with Crippen LogP contribution in [0.5, 0.6) is 0 Å². The van der Waals surface area contributed by atoms with Crippen LogP contribution >= 0.6 is 0 Å². The van der Waals surface area contributed by atoms with Gasteiger partial charge < -0.3 is 9.73 Å². The number of aryl methyl sites for hydroxylation is 1. The van der Waals surface area contributed by atoms with E-state index in [1.807, 2.05) is 30.3 Å². The molecule has 6 heteroatoms. The lowest BCUT2D eigenvalue weighted by molar-refractivity contribution is -0.121. The minimum Gasteiger partial charge on any atom is -0.467 e. The first-order valence-corrected chi connectivity index (χ1v) is 7.65. The molecule has 3 aromatic rings. The second-order valence-corrected chi connectivity index (χ2v) is 5.25. The largest absolute Gasteiger partial charge is 0.467 e. The number of amides is 1. The molecule has 0 aliphatic rings. The summed E-state index contributed by atoms with van der Waals surface area (Å²) in [5, 5.41) is 7.08. The molecule has 6 nitrogen and oxygen atoms in total. The van der Waals surface area contributed by atoms with Gasteiger partial charge in [0.2, 0.25) is 5.91 Å². The Kier molecular flexibility index (Phi) is 4.86. The maximum Gasteiger partial charge on any atom is 0.266 e. The predicted octanol–water partition coefficient (Wildman–Crippen LogP) is 2.21. The van der Waals surface area contributed by atoms with Crippen molar-refractivity contribution in [1.29, 1.82) is 0 Å². The monoisotopic (exact) mass is 323 g/mol. The molecular weight excluding hydrogens is 306 g/mol. The summed E-state index contributed by atoms with van der Waals surface area (Å²) in [6.45, 7) is 0.557. The normalized spacial score (nSPS) is 10.5. The summed E-state index contributed by atoms with van der Waals surface area (Å²) in [6, 6.07) is 16.3. The van der Waals surface area contributed by atoms with Gasteiger partial charge in [0.1, 0.15) is 5.76 Å². The number of hydrogen-bond donors (Lipinski definition) is 1. The van der Waals surface area contributed by atoms with Crippen molar-refractivity contribution in [2.24, 2.45) is 0 Å². The van der Waals surface area contributed by atoms with Gasteiger partial charge in [0, 0.05) is 18.1 Å². The quantitative estimate of drug-likeness (QED) is 0.754. The molecule has 1 N–H and O–H groups in total. The van der Waals surface area contributed by atoms with Gasteiger partial charge in [-0.25, -0.2) is 4.68 Å². The maximum absolute atomic E-state index is 11.9. The van der Waals surface area contributed by atoms with E-state index in [1.54, 1.807) is 24.5 Å². The van der Waals surface area contributed by atoms with Crippen molar-refractivity contribution >= 4 is 5.91 Å². The SMILES string of the molecule is O=C(CCn1nc(-c2ccccc2)ccc1=O)NCc1ccco1. The molecule has 0 unspecified atom stereocenters. The summed E-state index contributed by atoms with van der Waals surface area (Å²) < 4.78 is 6.46. The summed E-state index contributed by atoms with van der Waals surface area (Å²) >= 11 is 0. The van der Waals surface area contributed by atoms with Gasteiger partial charge in [0.05, 0.1) is 25.0 Å². The summed E-state index contributed by atoms with van der Waals surface area (Å²) in [7, 11) is 0. The first kappa shape index (κ1) is 15.7. The van der Waals surface area contributed by atoms with E-state index in [9.17, 15) is 9.59 Å². The highest BCUT2D eigenvalue weighted by Crippen LogP contribution is 2.13. The standard InChI is InChI=1S/C18H17N3O3/c22-17(19-13-15-7-4-12-24-15)10-11-21-18(23)9-8-16(20-21)14-5-2-1-3-6-14/h1-9,12H,10-11,13H2,(H,19,22). The van der Waals surface area contributed by atoms with E-state index in [2.05, 4.69) is 10.4 Å². The van der Waals surface area contributed by atoms with Crippen molar-refractivity contribution in [1.82, 2.24) is 15.1 Å². The topological polar surface area (TPSA) is 77.1 Å². The fourth-order valence-corrected chi connectivity index (χ4v) is 2.27. The molecule has 0 fully saturated rings. The van der Waals surface area contributed by atoms with Crippen LogP contribution in [0.1, 0.15) is 12.2 Å². The third-order valence-corrected chi connectivity index (χ3v) is 3.53. The Morgan fingerprint density at radius 3 is 2.67 bits per heavy atom. The third kappa shape index (κ3) is 3.98. The first-order chi connectivity index (χ1) is 11.7. The second kappa shape index (κ2) is 7.41. The molecule has 0 saturated carbocycles. The van der Waals surface area contributed by atoms with Gasteiger partial charge >= 0.3 is 0 Å². The minimum atomic E-state index is -0.228. The molecule has 1 amide bonds. The molecule has 0 aliphatic carbocycles. The van der Waals surface area contributed by atoms with Gasteiger partial charge in [-0.05, 0) is 18.2 Å². The van der Waals surface area contributed by atoms with Gasteiger partial charge in [-0.3, -0.25) is 9.59 Å². The molecule has 122 valence electrons. The highest BCUT2D eigenvalue weighted by atomic mass is 16.3. The van der Waals surface area contributed by atoms with Crippen molar-refractivity contribution in [3.8, 4) is 11.3 Å². The minimum absolute atomic E-state index is 0.162. The zero-order valence-corrected chi connectivity index (χ0v) is 13.0. The van der Waals surface area contributed by atoms with E-state index in [0.29, 0.717) is 18.0 Å². The number of rotatable bonds is 6. The third-order valence-electron chi connectivity index (χ3n) is 3.53. The second-order valence-electron chi connectivity index (χ2n) is 5.25. The highest BCUT2D eigenvalue weighted by Gasteiger charge is 2.07. The molecule has 0 bridgehead atoms. The van der Waals surface area contributed by atoms with Crippen LogP contribution < -0.4 is 10.9 Å². The van der Waals surface area contributed by atoms with Crippen LogP contribution in [-0.2, 0) is 17.9 Å². The van der Waals surface area contributed by atoms with E-state index >= 15 is 0 Å². The summed E-state index contributed by atoms with van der Waals surface area (Å²) in [5.74, 6) is 0.523. The molecule has 2 aromatic heterocycles. The van der Waals surface area contributed by atoms with Gasteiger partial charge in [0.25, 0.3) is 5.56 Å². The van der Waals surface area contributed by atoms with Crippen molar-refractivity contribution < 1.29 is 9.21 Å². The number of carbonyl (C=O) groups excluding carboxylic acids is 1. The smallest absolute Gasteiger partial charge is 0.266 e. The van der Waals surface area contributed by atoms with E-state index in [0.717, 1.165) is 5.56 Å². The number of carbonyl (C=O) groups is 1. The van der Waals surface area contributed by atoms with Crippen LogP contribution in [0.2, 0.25) is 0 Å². The average molecular weight is 323 g/mol. The Morgan fingerprint density at radius 1 is 1.08 bits per heavy atom. The lowest BCUT2D eigenvalue weighted by Gasteiger charge is -2.07. The Bertz CT molecular complexity index is 855. The molecule has 24 heavy (non-hydrogen) atoms. The van der Waals surface area contributed by atoms with Crippen molar-refractivity contribution in [3.05, 3.63) is 77.0 Å². The Hall–Kier alpha value is -3.15. The van der Waals surface area contributed by atoms with Crippen LogP contribution in [0.25, 0.3) is 11.3 Å². The zero-order chi connectivity index (χ0) is 16.8. The summed E-state index contributed by atoms with van der Waals surface area (Å²) in [4.78, 5) is 23.8. The van der Waals surface area contributed by atoms with Crippen LogP contribution in [0, 0.1) is 0 Å². The molecule has 0 saturated heterocycles. The van der Waals surface area contributed by atoms with Crippen molar-refractivity contribution in [2.45, 2.75) is 19.5 Å². The van der Waals surface area contributed by atoms with Crippen LogP contribution in [0.15, 0.2) is 70.1 Å². The number of furan rings is 1. The Morgan fingerprint density at radius 2 is 1.92 bits per heavy atom. The average Bonchev–Trinajstić information content (AvgIpc) is 3.13. The summed E-state index contributed by atoms with van der Waals surface area (Å²) in [5.41, 5.74) is 1.40. The van der Waals surface area contributed by atoms with E-state index in [1.165, 1.54) is 10.7 Å². The molecule has 1 aromatic carbocycles. The zero-order valence-electron chi connectivity index (χ0n) is 13.0. The van der Waals surface area contributed by atoms with E-state index in [4.69, 9.17) is 4.42 Å². The molecular formula is C18H17N3O3. The van der Waals surface area contributed by atoms with Gasteiger partial charge in [0.15, 0.2) is 0 Å². The summed E-state index contributed by atoms with van der Waals surface area (Å²) in [6.07, 6.45) is 1.73. The van der Waals surface area contributed by atoms with E-state index < -0.39 is 0 Å². The van der Waals surface area contributed by atoms with Crippen LogP contribution in [0.4, 0.5) is 0 Å². The first-order valence-electron chi connectivity index (χ1n) is 7.65. The van der Waals surface area contributed by atoms with E-state index in [-0.39, 0.29) is 24.4 Å². The number of aromatic nitrogens is 2. The number of benzene rings is 1. The van der Waals surface area contributed by atoms with Crippen LogP contribution in [0.3, 0.4) is 0 Å². The fourth-order valence-electron chi connectivity index (χ4n) is 2.27. The molecule has 2 heterocycles. The molecule has 0 radical (unpaired) electrons. The molecule has 0 aliphatic heterocycles. The Labute approximate surface area is 138 Å². The van der Waals surface area contributed by atoms with Crippen molar-refractivity contribution in [2.75, 3.05) is 0 Å². The number of nitrogens with zero attached hydrogens (tertiary/aromatic N) is 2. The lowest BCUT2D eigenvalue weighted by Crippen LogP contribution is -2.28. The number of hydrogen-bond acceptors (Lipinski definition) is 4. The maximum atomic E-state index is 11.9. The fraction of sp³-hybridized carbons (Fsp3) is 0.167. The molecule has 0 atom stereocenters. The Balaban J connectivity index is 1.62. The molecule has 0 spiro atoms. The molecule has 3 rings (SSSR count). The highest BCUT2D eigenvalue weighted by molar-refractivity contribution is 5.75. The van der Waals surface area contributed by atoms with Crippen LogP contribution in [-0.4, -0.2) is 15.7 Å². The van der Waals surface area contributed by atoms with Gasteiger partial charge in [-0.15, -0.1) is 0 Å². The number of nitrogens with one attached hydrogen (secondary N) is 1.